The topological polar surface area (TPSA) is 91.6 Å². The van der Waals surface area contributed by atoms with Crippen molar-refractivity contribution in [3.8, 4) is 0 Å². The Morgan fingerprint density at radius 1 is 1.15 bits per heavy atom. The number of hydrogen-bond donors (Lipinski definition) is 3. The van der Waals surface area contributed by atoms with Crippen LogP contribution in [0.4, 0.5) is 0 Å². The summed E-state index contributed by atoms with van der Waals surface area (Å²) in [5.41, 5.74) is 1.58. The van der Waals surface area contributed by atoms with E-state index < -0.39 is 0 Å². The zero-order valence-corrected chi connectivity index (χ0v) is 15.6. The van der Waals surface area contributed by atoms with Gasteiger partial charge in [0.25, 0.3) is 5.91 Å². The lowest BCUT2D eigenvalue weighted by Gasteiger charge is -2.11. The van der Waals surface area contributed by atoms with E-state index in [9.17, 15) is 4.79 Å². The van der Waals surface area contributed by atoms with Gasteiger partial charge in [-0.25, -0.2) is 4.99 Å². The lowest BCUT2D eigenvalue weighted by atomic mass is 10.1. The van der Waals surface area contributed by atoms with Gasteiger partial charge in [0, 0.05) is 31.3 Å². The van der Waals surface area contributed by atoms with Gasteiger partial charge in [0.1, 0.15) is 6.54 Å². The first kappa shape index (κ1) is 19.5. The molecule has 0 aliphatic carbocycles. The highest BCUT2D eigenvalue weighted by atomic mass is 16.5. The van der Waals surface area contributed by atoms with Crippen LogP contribution in [0.3, 0.4) is 0 Å². The van der Waals surface area contributed by atoms with Crippen LogP contribution in [0, 0.1) is 0 Å². The molecule has 0 radical (unpaired) electrons. The Morgan fingerprint density at radius 2 is 1.88 bits per heavy atom. The van der Waals surface area contributed by atoms with Crippen LogP contribution in [0.5, 0.6) is 0 Å². The fourth-order valence-electron chi connectivity index (χ4n) is 2.22. The second-order valence-electron chi connectivity index (χ2n) is 6.12. The molecule has 1 heterocycles. The lowest BCUT2D eigenvalue weighted by molar-refractivity contribution is 0.0954. The van der Waals surface area contributed by atoms with Crippen molar-refractivity contribution in [3.05, 3.63) is 53.4 Å². The third kappa shape index (κ3) is 6.23. The first-order valence-corrected chi connectivity index (χ1v) is 8.91. The maximum absolute atomic E-state index is 12.0. The van der Waals surface area contributed by atoms with Crippen LogP contribution in [0.15, 0.2) is 45.9 Å². The van der Waals surface area contributed by atoms with Crippen molar-refractivity contribution in [2.24, 2.45) is 4.99 Å². The third-order valence-corrected chi connectivity index (χ3v) is 3.64. The zero-order chi connectivity index (χ0) is 18.8. The van der Waals surface area contributed by atoms with Crippen molar-refractivity contribution in [2.45, 2.75) is 33.2 Å². The fraction of sp³-hybridized carbons (Fsp3) is 0.421. The third-order valence-electron chi connectivity index (χ3n) is 3.64. The van der Waals surface area contributed by atoms with Crippen LogP contribution >= 0.6 is 0 Å². The van der Waals surface area contributed by atoms with Gasteiger partial charge in [0.15, 0.2) is 11.7 Å². The van der Waals surface area contributed by atoms with E-state index in [1.165, 1.54) is 0 Å². The van der Waals surface area contributed by atoms with E-state index in [1.807, 2.05) is 31.2 Å². The second kappa shape index (κ2) is 10.2. The number of hydrogen-bond acceptors (Lipinski definition) is 4. The summed E-state index contributed by atoms with van der Waals surface area (Å²) in [5, 5.41) is 13.3. The first-order chi connectivity index (χ1) is 12.6. The Labute approximate surface area is 154 Å². The van der Waals surface area contributed by atoms with Gasteiger partial charge < -0.3 is 20.5 Å². The minimum atomic E-state index is -0.0859. The molecule has 0 fully saturated rings. The quantitative estimate of drug-likeness (QED) is 0.383. The summed E-state index contributed by atoms with van der Waals surface area (Å²) < 4.78 is 5.29. The van der Waals surface area contributed by atoms with Crippen molar-refractivity contribution >= 4 is 11.9 Å². The number of aliphatic imine (C=N–C) groups is 1. The van der Waals surface area contributed by atoms with E-state index in [-0.39, 0.29) is 5.91 Å². The number of nitrogens with one attached hydrogen (secondary N) is 3. The number of nitrogens with zero attached hydrogens (tertiary/aromatic N) is 2. The summed E-state index contributed by atoms with van der Waals surface area (Å²) in [6, 6.07) is 11.1. The number of aromatic nitrogens is 1. The van der Waals surface area contributed by atoms with E-state index in [0.717, 1.165) is 18.0 Å². The van der Waals surface area contributed by atoms with Gasteiger partial charge in [0.2, 0.25) is 0 Å². The van der Waals surface area contributed by atoms with Crippen molar-refractivity contribution in [1.29, 1.82) is 0 Å². The van der Waals surface area contributed by atoms with Gasteiger partial charge in [-0.2, -0.15) is 0 Å². The first-order valence-electron chi connectivity index (χ1n) is 8.91. The molecule has 0 saturated heterocycles. The van der Waals surface area contributed by atoms with Crippen LogP contribution in [0.25, 0.3) is 0 Å². The molecule has 1 aromatic heterocycles. The number of guanidine groups is 1. The van der Waals surface area contributed by atoms with Crippen LogP contribution in [-0.2, 0) is 6.54 Å². The normalized spacial score (nSPS) is 11.5. The Balaban J connectivity index is 1.78. The highest BCUT2D eigenvalue weighted by molar-refractivity contribution is 5.94. The molecular formula is C19H27N5O2. The number of rotatable bonds is 8. The van der Waals surface area contributed by atoms with Crippen LogP contribution in [-0.4, -0.2) is 36.7 Å². The van der Waals surface area contributed by atoms with E-state index >= 15 is 0 Å². The largest absolute Gasteiger partial charge is 0.359 e. The molecule has 0 atom stereocenters. The van der Waals surface area contributed by atoms with Gasteiger partial charge in [0.05, 0.1) is 5.69 Å². The number of carbonyl (C=O) groups is 1. The van der Waals surface area contributed by atoms with Gasteiger partial charge in [-0.05, 0) is 25.0 Å². The average Bonchev–Trinajstić information content (AvgIpc) is 3.13. The standard InChI is InChI=1S/C19H27N5O2/c1-4-20-19(23-13-16-12-17(14(2)3)24-26-16)22-11-10-21-18(25)15-8-6-5-7-9-15/h5-9,12,14H,4,10-11,13H2,1-3H3,(H,21,25)(H2,20,22,23). The lowest BCUT2D eigenvalue weighted by Crippen LogP contribution is -2.41. The predicted molar refractivity (Wildman–Crippen MR) is 102 cm³/mol. The smallest absolute Gasteiger partial charge is 0.251 e. The SMILES string of the molecule is CCNC(=NCc1cc(C(C)C)no1)NCCNC(=O)c1ccccc1. The molecule has 140 valence electrons. The Morgan fingerprint density at radius 3 is 2.54 bits per heavy atom. The molecule has 0 spiro atoms. The fourth-order valence-corrected chi connectivity index (χ4v) is 2.22. The number of benzene rings is 1. The zero-order valence-electron chi connectivity index (χ0n) is 15.6. The molecular weight excluding hydrogens is 330 g/mol. The molecule has 1 aromatic carbocycles. The summed E-state index contributed by atoms with van der Waals surface area (Å²) in [6.45, 7) is 8.36. The van der Waals surface area contributed by atoms with E-state index in [2.05, 4.69) is 39.9 Å². The van der Waals surface area contributed by atoms with Crippen molar-refractivity contribution in [2.75, 3.05) is 19.6 Å². The van der Waals surface area contributed by atoms with Crippen molar-refractivity contribution < 1.29 is 9.32 Å². The number of carbonyl (C=O) groups excluding carboxylic acids is 1. The summed E-state index contributed by atoms with van der Waals surface area (Å²) in [6.07, 6.45) is 0. The molecule has 26 heavy (non-hydrogen) atoms. The summed E-state index contributed by atoms with van der Waals surface area (Å²) in [7, 11) is 0. The molecule has 3 N–H and O–H groups in total. The molecule has 2 aromatic rings. The Bertz CT molecular complexity index is 710. The van der Waals surface area contributed by atoms with Gasteiger partial charge in [-0.15, -0.1) is 0 Å². The second-order valence-corrected chi connectivity index (χ2v) is 6.12. The molecule has 0 aliphatic rings. The van der Waals surface area contributed by atoms with Crippen LogP contribution in [0.1, 0.15) is 48.5 Å². The molecule has 0 bridgehead atoms. The Hall–Kier alpha value is -2.83. The summed E-state index contributed by atoms with van der Waals surface area (Å²) in [4.78, 5) is 16.5. The maximum Gasteiger partial charge on any atom is 0.251 e. The molecule has 0 aliphatic heterocycles. The molecule has 7 heteroatoms. The van der Waals surface area contributed by atoms with E-state index in [1.54, 1.807) is 12.1 Å². The molecule has 2 rings (SSSR count). The maximum atomic E-state index is 12.0. The summed E-state index contributed by atoms with van der Waals surface area (Å²) >= 11 is 0. The summed E-state index contributed by atoms with van der Waals surface area (Å²) in [5.74, 6) is 1.64. The van der Waals surface area contributed by atoms with Gasteiger partial charge in [-0.1, -0.05) is 37.2 Å². The van der Waals surface area contributed by atoms with Crippen LogP contribution in [0.2, 0.25) is 0 Å². The predicted octanol–water partition coefficient (Wildman–Crippen LogP) is 2.28. The van der Waals surface area contributed by atoms with Gasteiger partial charge >= 0.3 is 0 Å². The molecule has 7 nitrogen and oxygen atoms in total. The average molecular weight is 357 g/mol. The number of amides is 1. The minimum absolute atomic E-state index is 0.0859. The van der Waals surface area contributed by atoms with E-state index in [4.69, 9.17) is 4.52 Å². The van der Waals surface area contributed by atoms with Crippen LogP contribution < -0.4 is 16.0 Å². The monoisotopic (exact) mass is 357 g/mol. The van der Waals surface area contributed by atoms with Crippen molar-refractivity contribution in [3.63, 3.8) is 0 Å². The molecule has 0 saturated carbocycles. The Kier molecular flexibility index (Phi) is 7.67. The molecule has 0 unspecified atom stereocenters. The van der Waals surface area contributed by atoms with E-state index in [0.29, 0.717) is 37.1 Å². The van der Waals surface area contributed by atoms with Gasteiger partial charge in [-0.3, -0.25) is 4.79 Å². The highest BCUT2D eigenvalue weighted by Gasteiger charge is 2.08. The highest BCUT2D eigenvalue weighted by Crippen LogP contribution is 2.14. The molecule has 1 amide bonds. The van der Waals surface area contributed by atoms with Crippen molar-refractivity contribution in [1.82, 2.24) is 21.1 Å². The minimum Gasteiger partial charge on any atom is -0.359 e.